The zero-order chi connectivity index (χ0) is 13.7. The van der Waals surface area contributed by atoms with E-state index in [2.05, 4.69) is 53.3 Å². The van der Waals surface area contributed by atoms with Crippen molar-refractivity contribution in [3.05, 3.63) is 30.1 Å². The summed E-state index contributed by atoms with van der Waals surface area (Å²) in [6, 6.07) is 4.79. The molecule has 0 aliphatic carbocycles. The van der Waals surface area contributed by atoms with E-state index in [-0.39, 0.29) is 0 Å². The Labute approximate surface area is 116 Å². The predicted molar refractivity (Wildman–Crippen MR) is 79.0 cm³/mol. The Bertz CT molecular complexity index is 366. The third-order valence-electron chi connectivity index (χ3n) is 3.54. The largest absolute Gasteiger partial charge is 0.311 e. The Morgan fingerprint density at radius 3 is 2.74 bits per heavy atom. The third kappa shape index (κ3) is 4.90. The molecular formula is C15H26N4. The zero-order valence-electron chi connectivity index (χ0n) is 12.3. The van der Waals surface area contributed by atoms with Gasteiger partial charge < -0.3 is 10.2 Å². The van der Waals surface area contributed by atoms with Crippen LogP contribution in [0.5, 0.6) is 0 Å². The molecule has 106 valence electrons. The van der Waals surface area contributed by atoms with E-state index in [9.17, 15) is 0 Å². The molecule has 0 amide bonds. The first-order chi connectivity index (χ1) is 9.13. The van der Waals surface area contributed by atoms with Crippen LogP contribution in [0.3, 0.4) is 0 Å². The number of hydrogen-bond donors (Lipinski definition) is 1. The standard InChI is InChI=1S/C15H26N4/c1-13-8-17-15(11-18(2)3)12-19(9-13)10-14-4-6-16-7-5-14/h4-7,13,15,17H,8-12H2,1-3H3. The lowest BCUT2D eigenvalue weighted by Crippen LogP contribution is -2.44. The summed E-state index contributed by atoms with van der Waals surface area (Å²) in [5.74, 6) is 0.703. The molecule has 19 heavy (non-hydrogen) atoms. The van der Waals surface area contributed by atoms with Crippen molar-refractivity contribution in [2.75, 3.05) is 40.3 Å². The van der Waals surface area contributed by atoms with E-state index in [1.165, 1.54) is 12.1 Å². The smallest absolute Gasteiger partial charge is 0.0322 e. The van der Waals surface area contributed by atoms with Crippen LogP contribution < -0.4 is 5.32 Å². The maximum atomic E-state index is 4.09. The third-order valence-corrected chi connectivity index (χ3v) is 3.54. The summed E-state index contributed by atoms with van der Waals surface area (Å²) in [4.78, 5) is 8.91. The van der Waals surface area contributed by atoms with E-state index < -0.39 is 0 Å². The normalized spacial score (nSPS) is 25.5. The Balaban J connectivity index is 1.97. The van der Waals surface area contributed by atoms with Crippen molar-refractivity contribution in [3.8, 4) is 0 Å². The lowest BCUT2D eigenvalue weighted by molar-refractivity contribution is 0.224. The van der Waals surface area contributed by atoms with Gasteiger partial charge in [0.15, 0.2) is 0 Å². The highest BCUT2D eigenvalue weighted by Crippen LogP contribution is 2.11. The van der Waals surface area contributed by atoms with Gasteiger partial charge in [-0.2, -0.15) is 0 Å². The maximum absolute atomic E-state index is 4.09. The Morgan fingerprint density at radius 1 is 1.32 bits per heavy atom. The van der Waals surface area contributed by atoms with Crippen LogP contribution in [0.25, 0.3) is 0 Å². The Kier molecular flexibility index (Phi) is 5.31. The van der Waals surface area contributed by atoms with Gasteiger partial charge in [-0.3, -0.25) is 9.88 Å². The summed E-state index contributed by atoms with van der Waals surface area (Å²) in [7, 11) is 4.28. The van der Waals surface area contributed by atoms with Gasteiger partial charge in [0.25, 0.3) is 0 Å². The second-order valence-corrected chi connectivity index (χ2v) is 6.02. The highest BCUT2D eigenvalue weighted by molar-refractivity contribution is 5.09. The molecule has 0 aromatic carbocycles. The highest BCUT2D eigenvalue weighted by atomic mass is 15.2. The number of pyridine rings is 1. The molecule has 1 aromatic rings. The Morgan fingerprint density at radius 2 is 2.05 bits per heavy atom. The minimum Gasteiger partial charge on any atom is -0.311 e. The highest BCUT2D eigenvalue weighted by Gasteiger charge is 2.21. The minimum atomic E-state index is 0.557. The van der Waals surface area contributed by atoms with Crippen LogP contribution in [0.4, 0.5) is 0 Å². The number of aromatic nitrogens is 1. The van der Waals surface area contributed by atoms with Gasteiger partial charge in [-0.25, -0.2) is 0 Å². The van der Waals surface area contributed by atoms with Crippen LogP contribution >= 0.6 is 0 Å². The van der Waals surface area contributed by atoms with Crippen molar-refractivity contribution in [3.63, 3.8) is 0 Å². The van der Waals surface area contributed by atoms with E-state index in [0.717, 1.165) is 26.2 Å². The summed E-state index contributed by atoms with van der Waals surface area (Å²) < 4.78 is 0. The van der Waals surface area contributed by atoms with Gasteiger partial charge in [-0.05, 0) is 44.3 Å². The van der Waals surface area contributed by atoms with Crippen molar-refractivity contribution < 1.29 is 0 Å². The first-order valence-electron chi connectivity index (χ1n) is 7.13. The minimum absolute atomic E-state index is 0.557. The fourth-order valence-electron chi connectivity index (χ4n) is 2.76. The number of nitrogens with zero attached hydrogens (tertiary/aromatic N) is 3. The van der Waals surface area contributed by atoms with Gasteiger partial charge in [0.05, 0.1) is 0 Å². The van der Waals surface area contributed by atoms with Crippen LogP contribution in [0.1, 0.15) is 12.5 Å². The number of hydrogen-bond acceptors (Lipinski definition) is 4. The first-order valence-corrected chi connectivity index (χ1v) is 7.13. The molecule has 2 rings (SSSR count). The van der Waals surface area contributed by atoms with Crippen molar-refractivity contribution in [2.24, 2.45) is 5.92 Å². The SMILES string of the molecule is CC1CNC(CN(C)C)CN(Cc2ccncc2)C1. The van der Waals surface area contributed by atoms with Crippen LogP contribution in [0.2, 0.25) is 0 Å². The van der Waals surface area contributed by atoms with Crippen molar-refractivity contribution in [1.82, 2.24) is 20.1 Å². The summed E-state index contributed by atoms with van der Waals surface area (Å²) in [6.45, 7) is 7.85. The van der Waals surface area contributed by atoms with Crippen molar-refractivity contribution >= 4 is 0 Å². The molecule has 0 bridgehead atoms. The van der Waals surface area contributed by atoms with E-state index in [4.69, 9.17) is 0 Å². The topological polar surface area (TPSA) is 31.4 Å². The second-order valence-electron chi connectivity index (χ2n) is 6.02. The zero-order valence-corrected chi connectivity index (χ0v) is 12.3. The molecule has 4 heteroatoms. The van der Waals surface area contributed by atoms with Gasteiger partial charge in [0.1, 0.15) is 0 Å². The molecule has 0 spiro atoms. The lowest BCUT2D eigenvalue weighted by Gasteiger charge is -2.26. The molecule has 1 fully saturated rings. The summed E-state index contributed by atoms with van der Waals surface area (Å²) in [5, 5.41) is 3.68. The van der Waals surface area contributed by atoms with E-state index in [0.29, 0.717) is 12.0 Å². The number of likely N-dealkylation sites (N-methyl/N-ethyl adjacent to an activating group) is 1. The summed E-state index contributed by atoms with van der Waals surface area (Å²) in [6.07, 6.45) is 3.76. The summed E-state index contributed by atoms with van der Waals surface area (Å²) in [5.41, 5.74) is 1.35. The number of rotatable bonds is 4. The van der Waals surface area contributed by atoms with Gasteiger partial charge in [-0.15, -0.1) is 0 Å². The van der Waals surface area contributed by atoms with Crippen molar-refractivity contribution in [2.45, 2.75) is 19.5 Å². The molecule has 1 saturated heterocycles. The van der Waals surface area contributed by atoms with Gasteiger partial charge in [0, 0.05) is 44.6 Å². The predicted octanol–water partition coefficient (Wildman–Crippen LogP) is 1.05. The molecule has 0 saturated carbocycles. The number of nitrogens with one attached hydrogen (secondary N) is 1. The molecule has 1 aliphatic heterocycles. The average Bonchev–Trinajstić information content (AvgIpc) is 2.52. The molecule has 1 aliphatic rings. The molecule has 4 nitrogen and oxygen atoms in total. The summed E-state index contributed by atoms with van der Waals surface area (Å²) >= 11 is 0. The fraction of sp³-hybridized carbons (Fsp3) is 0.667. The molecule has 2 unspecified atom stereocenters. The van der Waals surface area contributed by atoms with Gasteiger partial charge >= 0.3 is 0 Å². The first kappa shape index (κ1) is 14.4. The lowest BCUT2D eigenvalue weighted by atomic mass is 10.1. The molecule has 0 radical (unpaired) electrons. The maximum Gasteiger partial charge on any atom is 0.0322 e. The second kappa shape index (κ2) is 6.98. The average molecular weight is 262 g/mol. The molecule has 2 atom stereocenters. The van der Waals surface area contributed by atoms with Crippen LogP contribution in [0, 0.1) is 5.92 Å². The van der Waals surface area contributed by atoms with E-state index in [1.807, 2.05) is 12.4 Å². The fourth-order valence-corrected chi connectivity index (χ4v) is 2.76. The van der Waals surface area contributed by atoms with Gasteiger partial charge in [0.2, 0.25) is 0 Å². The molecular weight excluding hydrogens is 236 g/mol. The monoisotopic (exact) mass is 262 g/mol. The Hall–Kier alpha value is -0.970. The molecule has 2 heterocycles. The quantitative estimate of drug-likeness (QED) is 0.879. The molecule has 1 aromatic heterocycles. The van der Waals surface area contributed by atoms with Crippen LogP contribution in [0.15, 0.2) is 24.5 Å². The van der Waals surface area contributed by atoms with Crippen LogP contribution in [-0.4, -0.2) is 61.1 Å². The van der Waals surface area contributed by atoms with Gasteiger partial charge in [-0.1, -0.05) is 6.92 Å². The van der Waals surface area contributed by atoms with E-state index in [1.54, 1.807) is 0 Å². The van der Waals surface area contributed by atoms with Crippen molar-refractivity contribution in [1.29, 1.82) is 0 Å². The van der Waals surface area contributed by atoms with Crippen LogP contribution in [-0.2, 0) is 6.54 Å². The van der Waals surface area contributed by atoms with E-state index >= 15 is 0 Å². The molecule has 1 N–H and O–H groups in total.